The molecule has 0 aliphatic heterocycles. The second kappa shape index (κ2) is 2.42. The minimum atomic E-state index is 0.0120. The Balaban J connectivity index is 2.86. The van der Waals surface area contributed by atoms with Crippen LogP contribution in [0.3, 0.4) is 0 Å². The van der Waals surface area contributed by atoms with E-state index in [-0.39, 0.29) is 5.78 Å². The van der Waals surface area contributed by atoms with Gasteiger partial charge >= 0.3 is 0 Å². The van der Waals surface area contributed by atoms with Crippen LogP contribution in [-0.4, -0.2) is 25.4 Å². The minimum Gasteiger partial charge on any atom is -0.293 e. The zero-order chi connectivity index (χ0) is 9.59. The average Bonchev–Trinajstić information content (AvgIpc) is 2.51. The summed E-state index contributed by atoms with van der Waals surface area (Å²) in [5.74, 6) is 0.0120. The normalized spacial score (nSPS) is 11.0. The molecular formula is C8H10N4O. The third-order valence-electron chi connectivity index (χ3n) is 2.08. The standard InChI is InChI=1S/C8H10N4O/c1-5-4-7-11(3)9-10-12(7)8(5)6(2)13/h4H,1-3H3. The molecule has 0 spiro atoms. The van der Waals surface area contributed by atoms with E-state index in [1.165, 1.54) is 6.92 Å². The number of rotatable bonds is 1. The van der Waals surface area contributed by atoms with Crippen molar-refractivity contribution < 1.29 is 4.79 Å². The molecular weight excluding hydrogens is 168 g/mol. The van der Waals surface area contributed by atoms with Crippen LogP contribution in [0.2, 0.25) is 0 Å². The van der Waals surface area contributed by atoms with Crippen LogP contribution in [0.15, 0.2) is 6.07 Å². The van der Waals surface area contributed by atoms with Crippen molar-refractivity contribution in [1.82, 2.24) is 19.6 Å². The van der Waals surface area contributed by atoms with E-state index in [1.54, 1.807) is 16.2 Å². The van der Waals surface area contributed by atoms with Crippen LogP contribution in [0.25, 0.3) is 5.65 Å². The summed E-state index contributed by atoms with van der Waals surface area (Å²) in [6.45, 7) is 3.43. The first-order chi connectivity index (χ1) is 6.11. The Bertz CT molecular complexity index is 480. The maximum atomic E-state index is 11.3. The van der Waals surface area contributed by atoms with Gasteiger partial charge in [-0.1, -0.05) is 0 Å². The summed E-state index contributed by atoms with van der Waals surface area (Å²) in [4.78, 5) is 11.3. The lowest BCUT2D eigenvalue weighted by Crippen LogP contribution is -2.01. The summed E-state index contributed by atoms with van der Waals surface area (Å²) in [6, 6.07) is 1.90. The quantitative estimate of drug-likeness (QED) is 0.600. The number of hydrogen-bond donors (Lipinski definition) is 0. The fourth-order valence-electron chi connectivity index (χ4n) is 1.50. The second-order valence-corrected chi connectivity index (χ2v) is 3.10. The highest BCUT2D eigenvalue weighted by Gasteiger charge is 2.14. The molecule has 2 aromatic rings. The average molecular weight is 178 g/mol. The largest absolute Gasteiger partial charge is 0.293 e. The van der Waals surface area contributed by atoms with Crippen LogP contribution in [-0.2, 0) is 7.05 Å². The summed E-state index contributed by atoms with van der Waals surface area (Å²) in [7, 11) is 1.80. The van der Waals surface area contributed by atoms with E-state index in [2.05, 4.69) is 10.4 Å². The molecule has 0 unspecified atom stereocenters. The Morgan fingerprint density at radius 3 is 2.77 bits per heavy atom. The molecule has 0 atom stereocenters. The highest BCUT2D eigenvalue weighted by molar-refractivity contribution is 5.95. The first-order valence-corrected chi connectivity index (χ1v) is 4.00. The first-order valence-electron chi connectivity index (χ1n) is 4.00. The summed E-state index contributed by atoms with van der Waals surface area (Å²) in [5, 5.41) is 7.69. The van der Waals surface area contributed by atoms with Gasteiger partial charge in [-0.3, -0.25) is 4.79 Å². The van der Waals surface area contributed by atoms with Crippen molar-refractivity contribution in [2.24, 2.45) is 7.05 Å². The molecule has 2 aromatic heterocycles. The third-order valence-corrected chi connectivity index (χ3v) is 2.08. The molecule has 0 bridgehead atoms. The predicted octanol–water partition coefficient (Wildman–Crippen LogP) is 0.579. The van der Waals surface area contributed by atoms with E-state index < -0.39 is 0 Å². The highest BCUT2D eigenvalue weighted by Crippen LogP contribution is 2.13. The van der Waals surface area contributed by atoms with Crippen LogP contribution >= 0.6 is 0 Å². The Morgan fingerprint density at radius 1 is 1.46 bits per heavy atom. The van der Waals surface area contributed by atoms with Crippen LogP contribution in [0.5, 0.6) is 0 Å². The fourth-order valence-corrected chi connectivity index (χ4v) is 1.50. The van der Waals surface area contributed by atoms with Gasteiger partial charge in [0.15, 0.2) is 11.4 Å². The van der Waals surface area contributed by atoms with Gasteiger partial charge < -0.3 is 0 Å². The lowest BCUT2D eigenvalue weighted by atomic mass is 10.2. The van der Waals surface area contributed by atoms with E-state index in [0.717, 1.165) is 11.2 Å². The molecule has 0 radical (unpaired) electrons. The van der Waals surface area contributed by atoms with E-state index in [9.17, 15) is 4.79 Å². The molecule has 0 aromatic carbocycles. The molecule has 5 heteroatoms. The smallest absolute Gasteiger partial charge is 0.178 e. The topological polar surface area (TPSA) is 52.2 Å². The maximum absolute atomic E-state index is 11.3. The van der Waals surface area contributed by atoms with Gasteiger partial charge in [0.05, 0.1) is 0 Å². The van der Waals surface area contributed by atoms with Crippen molar-refractivity contribution in [2.45, 2.75) is 13.8 Å². The Labute approximate surface area is 74.9 Å². The van der Waals surface area contributed by atoms with E-state index in [0.29, 0.717) is 5.69 Å². The predicted molar refractivity (Wildman–Crippen MR) is 46.7 cm³/mol. The van der Waals surface area contributed by atoms with Gasteiger partial charge in [-0.2, -0.15) is 4.52 Å². The lowest BCUT2D eigenvalue weighted by molar-refractivity contribution is 0.101. The molecule has 0 saturated heterocycles. The molecule has 2 heterocycles. The van der Waals surface area contributed by atoms with Gasteiger partial charge in [0.2, 0.25) is 0 Å². The van der Waals surface area contributed by atoms with Crippen molar-refractivity contribution in [3.8, 4) is 0 Å². The van der Waals surface area contributed by atoms with E-state index in [1.807, 2.05) is 13.0 Å². The molecule has 5 nitrogen and oxygen atoms in total. The number of hydrogen-bond acceptors (Lipinski definition) is 3. The molecule has 2 rings (SSSR count). The molecule has 68 valence electrons. The molecule has 0 amide bonds. The Hall–Kier alpha value is -1.65. The minimum absolute atomic E-state index is 0.0120. The zero-order valence-electron chi connectivity index (χ0n) is 7.77. The van der Waals surface area contributed by atoms with Crippen molar-refractivity contribution >= 4 is 11.4 Å². The van der Waals surface area contributed by atoms with E-state index in [4.69, 9.17) is 0 Å². The zero-order valence-corrected chi connectivity index (χ0v) is 7.77. The number of aryl methyl sites for hydroxylation is 2. The molecule has 0 aliphatic carbocycles. The molecule has 13 heavy (non-hydrogen) atoms. The fraction of sp³-hybridized carbons (Fsp3) is 0.375. The first kappa shape index (κ1) is 7.97. The number of tetrazole rings is 1. The molecule has 0 saturated carbocycles. The van der Waals surface area contributed by atoms with Gasteiger partial charge in [0, 0.05) is 14.0 Å². The maximum Gasteiger partial charge on any atom is 0.178 e. The summed E-state index contributed by atoms with van der Waals surface area (Å²) in [6.07, 6.45) is 0. The highest BCUT2D eigenvalue weighted by atomic mass is 16.1. The number of Topliss-reactive ketones (excluding diaryl/α,β-unsaturated/α-hetero) is 1. The number of fused-ring (bicyclic) bond motifs is 1. The summed E-state index contributed by atoms with van der Waals surface area (Å²) < 4.78 is 3.21. The van der Waals surface area contributed by atoms with Crippen molar-refractivity contribution in [1.29, 1.82) is 0 Å². The molecule has 0 aliphatic rings. The van der Waals surface area contributed by atoms with Crippen LogP contribution in [0.1, 0.15) is 23.0 Å². The number of ketones is 1. The van der Waals surface area contributed by atoms with Crippen molar-refractivity contribution in [3.05, 3.63) is 17.3 Å². The monoisotopic (exact) mass is 178 g/mol. The number of carbonyl (C=O) groups excluding carboxylic acids is 1. The van der Waals surface area contributed by atoms with Gasteiger partial charge in [-0.25, -0.2) is 4.68 Å². The SMILES string of the molecule is CC(=O)c1c(C)cc2n(C)nnn12. The number of aromatic nitrogens is 4. The molecule has 0 fully saturated rings. The van der Waals surface area contributed by atoms with E-state index >= 15 is 0 Å². The summed E-state index contributed by atoms with van der Waals surface area (Å²) >= 11 is 0. The van der Waals surface area contributed by atoms with Crippen molar-refractivity contribution in [3.63, 3.8) is 0 Å². The van der Waals surface area contributed by atoms with Gasteiger partial charge in [-0.05, 0) is 29.0 Å². The Kier molecular flexibility index (Phi) is 1.48. The van der Waals surface area contributed by atoms with Crippen molar-refractivity contribution in [2.75, 3.05) is 0 Å². The second-order valence-electron chi connectivity index (χ2n) is 3.10. The van der Waals surface area contributed by atoms with Gasteiger partial charge in [-0.15, -0.1) is 0 Å². The third kappa shape index (κ3) is 0.965. The number of nitrogens with zero attached hydrogens (tertiary/aromatic N) is 4. The van der Waals surface area contributed by atoms with Crippen LogP contribution in [0.4, 0.5) is 0 Å². The summed E-state index contributed by atoms with van der Waals surface area (Å²) in [5.41, 5.74) is 2.39. The van der Waals surface area contributed by atoms with Gasteiger partial charge in [0.1, 0.15) is 5.69 Å². The number of carbonyl (C=O) groups is 1. The van der Waals surface area contributed by atoms with Crippen LogP contribution < -0.4 is 0 Å². The Morgan fingerprint density at radius 2 is 2.15 bits per heavy atom. The molecule has 0 N–H and O–H groups in total. The lowest BCUT2D eigenvalue weighted by Gasteiger charge is -1.91. The van der Waals surface area contributed by atoms with Crippen LogP contribution in [0, 0.1) is 6.92 Å². The van der Waals surface area contributed by atoms with Gasteiger partial charge in [0.25, 0.3) is 0 Å².